The van der Waals surface area contributed by atoms with E-state index in [1.54, 1.807) is 4.52 Å². The number of fused-ring (bicyclic) bond motifs is 1. The summed E-state index contributed by atoms with van der Waals surface area (Å²) in [6, 6.07) is 7.81. The number of nitrogens with one attached hydrogen (secondary N) is 1. The first-order valence-corrected chi connectivity index (χ1v) is 9.42. The number of thioether (sulfide) groups is 1. The lowest BCUT2D eigenvalue weighted by molar-refractivity contribution is 0.785. The second-order valence-corrected chi connectivity index (χ2v) is 7.09. The normalized spacial score (nSPS) is 12.8. The lowest BCUT2D eigenvalue weighted by Gasteiger charge is -2.17. The Kier molecular flexibility index (Phi) is 4.96. The molecule has 0 aliphatic carbocycles. The summed E-state index contributed by atoms with van der Waals surface area (Å²) in [6.07, 6.45) is 3.84. The Hall–Kier alpha value is -1.79. The van der Waals surface area contributed by atoms with Gasteiger partial charge in [-0.1, -0.05) is 55.4 Å². The molecule has 126 valence electrons. The van der Waals surface area contributed by atoms with Crippen LogP contribution in [0.5, 0.6) is 0 Å². The maximum atomic E-state index is 6.31. The third-order valence-electron chi connectivity index (χ3n) is 3.90. The van der Waals surface area contributed by atoms with Crippen LogP contribution in [0.15, 0.2) is 35.6 Å². The van der Waals surface area contributed by atoms with E-state index in [1.165, 1.54) is 11.8 Å². The molecule has 0 saturated carbocycles. The molecule has 2 heterocycles. The van der Waals surface area contributed by atoms with Crippen molar-refractivity contribution in [2.75, 3.05) is 11.6 Å². The minimum Gasteiger partial charge on any atom is -0.347 e. The van der Waals surface area contributed by atoms with Crippen LogP contribution in [0.3, 0.4) is 0 Å². The number of rotatable bonds is 5. The van der Waals surface area contributed by atoms with Gasteiger partial charge in [0.2, 0.25) is 5.95 Å². The summed E-state index contributed by atoms with van der Waals surface area (Å²) >= 11 is 7.83. The lowest BCUT2D eigenvalue weighted by Crippen LogP contribution is -2.13. The van der Waals surface area contributed by atoms with Crippen molar-refractivity contribution < 1.29 is 0 Å². The zero-order valence-corrected chi connectivity index (χ0v) is 15.7. The van der Waals surface area contributed by atoms with Gasteiger partial charge in [-0.2, -0.15) is 14.6 Å². The summed E-state index contributed by atoms with van der Waals surface area (Å²) < 4.78 is 1.77. The highest BCUT2D eigenvalue weighted by Gasteiger charge is 2.17. The molecule has 1 N–H and O–H groups in total. The predicted molar refractivity (Wildman–Crippen MR) is 100 cm³/mol. The molecule has 0 bridgehead atoms. The van der Waals surface area contributed by atoms with Gasteiger partial charge in [0.15, 0.2) is 10.8 Å². The number of hydrogen-bond acceptors (Lipinski definition) is 5. The molecule has 0 fully saturated rings. The van der Waals surface area contributed by atoms with Gasteiger partial charge in [-0.15, -0.1) is 0 Å². The van der Waals surface area contributed by atoms with Gasteiger partial charge in [0, 0.05) is 10.6 Å². The summed E-state index contributed by atoms with van der Waals surface area (Å²) in [5.74, 6) is 1.02. The minimum absolute atomic E-state index is 0.00166. The Bertz CT molecular complexity index is 861. The van der Waals surface area contributed by atoms with Gasteiger partial charge in [0.25, 0.3) is 0 Å². The summed E-state index contributed by atoms with van der Waals surface area (Å²) in [4.78, 5) is 9.20. The summed E-state index contributed by atoms with van der Waals surface area (Å²) in [7, 11) is 0. The quantitative estimate of drug-likeness (QED) is 0.662. The number of benzene rings is 1. The molecule has 0 radical (unpaired) electrons. The molecule has 0 aliphatic heterocycles. The Balaban J connectivity index is 2.04. The van der Waals surface area contributed by atoms with Crippen molar-refractivity contribution in [3.63, 3.8) is 0 Å². The standard InChI is InChI=1S/C17H20ClN5S/c1-10(2)13-9-19-23-15(13)21-17(24-4)22-16(23)20-11(3)12-7-5-6-8-14(12)18/h5-11H,1-4H3,(H,20,21,22)/t11-/m0/s1. The van der Waals surface area contributed by atoms with E-state index in [0.717, 1.165) is 27.0 Å². The van der Waals surface area contributed by atoms with E-state index in [-0.39, 0.29) is 6.04 Å². The zero-order chi connectivity index (χ0) is 17.3. The molecular formula is C17H20ClN5S. The maximum Gasteiger partial charge on any atom is 0.228 e. The predicted octanol–water partition coefficient (Wildman–Crippen LogP) is 4.80. The summed E-state index contributed by atoms with van der Waals surface area (Å²) in [5.41, 5.74) is 2.98. The van der Waals surface area contributed by atoms with Gasteiger partial charge in [-0.25, -0.2) is 4.98 Å². The molecule has 0 saturated heterocycles. The SMILES string of the molecule is CSc1nc(N[C@@H](C)c2ccccc2Cl)n2ncc(C(C)C)c2n1. The average Bonchev–Trinajstić information content (AvgIpc) is 2.99. The molecule has 3 aromatic rings. The van der Waals surface area contributed by atoms with Crippen LogP contribution in [0, 0.1) is 0 Å². The Morgan fingerprint density at radius 2 is 1.88 bits per heavy atom. The van der Waals surface area contributed by atoms with Crippen molar-refractivity contribution in [3.8, 4) is 0 Å². The van der Waals surface area contributed by atoms with Crippen LogP contribution in [-0.4, -0.2) is 25.8 Å². The fraction of sp³-hybridized carbons (Fsp3) is 0.353. The second-order valence-electron chi connectivity index (χ2n) is 5.91. The first-order valence-electron chi connectivity index (χ1n) is 7.82. The van der Waals surface area contributed by atoms with Gasteiger partial charge in [0.1, 0.15) is 0 Å². The van der Waals surface area contributed by atoms with Crippen molar-refractivity contribution in [1.82, 2.24) is 19.6 Å². The van der Waals surface area contributed by atoms with Crippen LogP contribution < -0.4 is 5.32 Å². The van der Waals surface area contributed by atoms with E-state index < -0.39 is 0 Å². The van der Waals surface area contributed by atoms with E-state index >= 15 is 0 Å². The molecule has 24 heavy (non-hydrogen) atoms. The Morgan fingerprint density at radius 1 is 1.12 bits per heavy atom. The topological polar surface area (TPSA) is 55.1 Å². The Morgan fingerprint density at radius 3 is 2.54 bits per heavy atom. The Labute approximate surface area is 150 Å². The van der Waals surface area contributed by atoms with Crippen LogP contribution in [0.25, 0.3) is 5.65 Å². The van der Waals surface area contributed by atoms with Gasteiger partial charge < -0.3 is 5.32 Å². The molecule has 5 nitrogen and oxygen atoms in total. The highest BCUT2D eigenvalue weighted by Crippen LogP contribution is 2.27. The third-order valence-corrected chi connectivity index (χ3v) is 4.79. The highest BCUT2D eigenvalue weighted by molar-refractivity contribution is 7.98. The van der Waals surface area contributed by atoms with Crippen LogP contribution in [0.4, 0.5) is 5.95 Å². The molecule has 0 amide bonds. The molecular weight excluding hydrogens is 342 g/mol. The second kappa shape index (κ2) is 6.99. The van der Waals surface area contributed by atoms with Gasteiger partial charge >= 0.3 is 0 Å². The van der Waals surface area contributed by atoms with Crippen LogP contribution in [-0.2, 0) is 0 Å². The van der Waals surface area contributed by atoms with E-state index in [9.17, 15) is 0 Å². The van der Waals surface area contributed by atoms with Crippen molar-refractivity contribution in [2.24, 2.45) is 0 Å². The fourth-order valence-electron chi connectivity index (χ4n) is 2.56. The van der Waals surface area contributed by atoms with Crippen LogP contribution in [0.1, 0.15) is 43.9 Å². The zero-order valence-electron chi connectivity index (χ0n) is 14.1. The van der Waals surface area contributed by atoms with Crippen LogP contribution >= 0.6 is 23.4 Å². The van der Waals surface area contributed by atoms with Crippen LogP contribution in [0.2, 0.25) is 5.02 Å². The first kappa shape index (κ1) is 17.0. The van der Waals surface area contributed by atoms with E-state index in [2.05, 4.69) is 41.2 Å². The van der Waals surface area contributed by atoms with Crippen molar-refractivity contribution >= 4 is 35.0 Å². The number of aromatic nitrogens is 4. The summed E-state index contributed by atoms with van der Waals surface area (Å²) in [6.45, 7) is 6.33. The molecule has 3 rings (SSSR count). The van der Waals surface area contributed by atoms with E-state index in [0.29, 0.717) is 11.9 Å². The van der Waals surface area contributed by atoms with Gasteiger partial charge in [-0.05, 0) is 30.7 Å². The molecule has 7 heteroatoms. The monoisotopic (exact) mass is 361 g/mol. The largest absolute Gasteiger partial charge is 0.347 e. The third kappa shape index (κ3) is 3.21. The molecule has 2 aromatic heterocycles. The highest BCUT2D eigenvalue weighted by atomic mass is 35.5. The van der Waals surface area contributed by atoms with Crippen molar-refractivity contribution in [2.45, 2.75) is 37.9 Å². The molecule has 1 aromatic carbocycles. The average molecular weight is 362 g/mol. The molecule has 0 spiro atoms. The van der Waals surface area contributed by atoms with E-state index in [4.69, 9.17) is 11.6 Å². The summed E-state index contributed by atoms with van der Waals surface area (Å²) in [5, 5.41) is 9.35. The minimum atomic E-state index is -0.00166. The first-order chi connectivity index (χ1) is 11.5. The van der Waals surface area contributed by atoms with Crippen molar-refractivity contribution in [1.29, 1.82) is 0 Å². The smallest absolute Gasteiger partial charge is 0.228 e. The maximum absolute atomic E-state index is 6.31. The lowest BCUT2D eigenvalue weighted by atomic mass is 10.1. The van der Waals surface area contributed by atoms with Crippen molar-refractivity contribution in [3.05, 3.63) is 46.6 Å². The number of hydrogen-bond donors (Lipinski definition) is 1. The molecule has 0 unspecified atom stereocenters. The number of nitrogens with zero attached hydrogens (tertiary/aromatic N) is 4. The molecule has 0 aliphatic rings. The van der Waals surface area contributed by atoms with Gasteiger partial charge in [-0.3, -0.25) is 0 Å². The van der Waals surface area contributed by atoms with E-state index in [1.807, 2.05) is 36.7 Å². The number of anilines is 1. The number of halogens is 1. The van der Waals surface area contributed by atoms with Gasteiger partial charge in [0.05, 0.1) is 12.2 Å². The molecule has 1 atom stereocenters. The fourth-order valence-corrected chi connectivity index (χ4v) is 3.22.